The van der Waals surface area contributed by atoms with E-state index in [2.05, 4.69) is 15.5 Å². The lowest BCUT2D eigenvalue weighted by Gasteiger charge is -2.34. The molecule has 1 fully saturated rings. The van der Waals surface area contributed by atoms with Crippen molar-refractivity contribution in [3.05, 3.63) is 29.3 Å². The molecule has 0 bridgehead atoms. The summed E-state index contributed by atoms with van der Waals surface area (Å²) >= 11 is 5.83. The SMILES string of the molecule is CNC1CCC(N(C)CC(=O)Nc2ccc(Cl)cc2)CC1. The summed E-state index contributed by atoms with van der Waals surface area (Å²) in [5.41, 5.74) is 0.789. The predicted molar refractivity (Wildman–Crippen MR) is 87.8 cm³/mol. The van der Waals surface area contributed by atoms with Gasteiger partial charge in [0.1, 0.15) is 0 Å². The van der Waals surface area contributed by atoms with Crippen LogP contribution in [0, 0.1) is 0 Å². The highest BCUT2D eigenvalue weighted by Gasteiger charge is 2.24. The van der Waals surface area contributed by atoms with E-state index in [1.54, 1.807) is 12.1 Å². The number of halogens is 1. The summed E-state index contributed by atoms with van der Waals surface area (Å²) in [5, 5.41) is 6.91. The van der Waals surface area contributed by atoms with Crippen LogP contribution in [0.3, 0.4) is 0 Å². The average Bonchev–Trinajstić information content (AvgIpc) is 2.49. The van der Waals surface area contributed by atoms with Crippen LogP contribution in [0.1, 0.15) is 25.7 Å². The molecule has 1 saturated carbocycles. The van der Waals surface area contributed by atoms with Crippen LogP contribution in [0.4, 0.5) is 5.69 Å². The molecule has 0 saturated heterocycles. The fraction of sp³-hybridized carbons (Fsp3) is 0.562. The number of nitrogens with one attached hydrogen (secondary N) is 2. The summed E-state index contributed by atoms with van der Waals surface area (Å²) in [6.07, 6.45) is 4.67. The average molecular weight is 310 g/mol. The van der Waals surface area contributed by atoms with Gasteiger partial charge in [0.15, 0.2) is 0 Å². The Morgan fingerprint density at radius 3 is 2.43 bits per heavy atom. The second kappa shape index (κ2) is 7.78. The van der Waals surface area contributed by atoms with E-state index in [4.69, 9.17) is 11.6 Å². The molecule has 0 atom stereocenters. The Kier molecular flexibility index (Phi) is 6.03. The monoisotopic (exact) mass is 309 g/mol. The zero-order chi connectivity index (χ0) is 15.2. The lowest BCUT2D eigenvalue weighted by atomic mass is 9.90. The van der Waals surface area contributed by atoms with Crippen LogP contribution in [0.5, 0.6) is 0 Å². The van der Waals surface area contributed by atoms with Crippen molar-refractivity contribution in [1.82, 2.24) is 10.2 Å². The van der Waals surface area contributed by atoms with Gasteiger partial charge >= 0.3 is 0 Å². The molecule has 0 radical (unpaired) electrons. The highest BCUT2D eigenvalue weighted by molar-refractivity contribution is 6.30. The molecule has 116 valence electrons. The maximum absolute atomic E-state index is 12.1. The first kappa shape index (κ1) is 16.3. The third-order valence-electron chi connectivity index (χ3n) is 4.25. The van der Waals surface area contributed by atoms with Gasteiger partial charge in [-0.1, -0.05) is 11.6 Å². The van der Waals surface area contributed by atoms with Crippen molar-refractivity contribution in [2.45, 2.75) is 37.8 Å². The maximum Gasteiger partial charge on any atom is 0.238 e. The van der Waals surface area contributed by atoms with E-state index >= 15 is 0 Å². The fourth-order valence-electron chi connectivity index (χ4n) is 2.89. The van der Waals surface area contributed by atoms with Gasteiger partial charge in [0.2, 0.25) is 5.91 Å². The molecular formula is C16H24ClN3O. The van der Waals surface area contributed by atoms with E-state index in [1.807, 2.05) is 26.2 Å². The van der Waals surface area contributed by atoms with Crippen molar-refractivity contribution in [3.8, 4) is 0 Å². The van der Waals surface area contributed by atoms with Crippen molar-refractivity contribution < 1.29 is 4.79 Å². The second-order valence-electron chi connectivity index (χ2n) is 5.76. The van der Waals surface area contributed by atoms with Crippen LogP contribution in [0.2, 0.25) is 5.02 Å². The van der Waals surface area contributed by atoms with Crippen LogP contribution >= 0.6 is 11.6 Å². The van der Waals surface area contributed by atoms with E-state index in [1.165, 1.54) is 12.8 Å². The number of benzene rings is 1. The number of amides is 1. The Balaban J connectivity index is 1.78. The predicted octanol–water partition coefficient (Wildman–Crippen LogP) is 2.74. The van der Waals surface area contributed by atoms with E-state index < -0.39 is 0 Å². The van der Waals surface area contributed by atoms with Gasteiger partial charge in [0.25, 0.3) is 0 Å². The van der Waals surface area contributed by atoms with Crippen molar-refractivity contribution in [3.63, 3.8) is 0 Å². The lowest BCUT2D eigenvalue weighted by Crippen LogP contribution is -2.42. The van der Waals surface area contributed by atoms with Gasteiger partial charge in [0.05, 0.1) is 6.54 Å². The Bertz CT molecular complexity index is 455. The van der Waals surface area contributed by atoms with Crippen LogP contribution in [-0.4, -0.2) is 43.5 Å². The standard InChI is InChI=1S/C16H24ClN3O/c1-18-13-7-9-15(10-8-13)20(2)11-16(21)19-14-5-3-12(17)4-6-14/h3-6,13,15,18H,7-11H2,1-2H3,(H,19,21). The smallest absolute Gasteiger partial charge is 0.238 e. The Hall–Kier alpha value is -1.10. The van der Waals surface area contributed by atoms with Gasteiger partial charge in [-0.25, -0.2) is 0 Å². The van der Waals surface area contributed by atoms with Gasteiger partial charge in [-0.05, 0) is 64.0 Å². The summed E-state index contributed by atoms with van der Waals surface area (Å²) in [7, 11) is 4.06. The quantitative estimate of drug-likeness (QED) is 0.879. The molecule has 0 unspecified atom stereocenters. The molecule has 0 heterocycles. The zero-order valence-electron chi connectivity index (χ0n) is 12.7. The molecule has 1 aliphatic carbocycles. The molecule has 1 aliphatic rings. The fourth-order valence-corrected chi connectivity index (χ4v) is 3.02. The Labute approximate surface area is 131 Å². The lowest BCUT2D eigenvalue weighted by molar-refractivity contribution is -0.117. The van der Waals surface area contributed by atoms with Gasteiger partial charge in [0, 0.05) is 22.8 Å². The molecule has 1 aromatic rings. The third-order valence-corrected chi connectivity index (χ3v) is 4.50. The number of rotatable bonds is 5. The normalized spacial score (nSPS) is 22.3. The van der Waals surface area contributed by atoms with Crippen molar-refractivity contribution in [2.75, 3.05) is 26.0 Å². The largest absolute Gasteiger partial charge is 0.325 e. The van der Waals surface area contributed by atoms with Gasteiger partial charge in [-0.2, -0.15) is 0 Å². The summed E-state index contributed by atoms with van der Waals surface area (Å²) in [6, 6.07) is 8.33. The van der Waals surface area contributed by atoms with Gasteiger partial charge in [-0.3, -0.25) is 9.69 Å². The number of carbonyl (C=O) groups excluding carboxylic acids is 1. The number of likely N-dealkylation sites (N-methyl/N-ethyl adjacent to an activating group) is 1. The number of anilines is 1. The molecule has 1 amide bonds. The highest BCUT2D eigenvalue weighted by Crippen LogP contribution is 2.22. The molecule has 2 rings (SSSR count). The number of nitrogens with zero attached hydrogens (tertiary/aromatic N) is 1. The van der Waals surface area contributed by atoms with Crippen molar-refractivity contribution >= 4 is 23.2 Å². The molecule has 4 nitrogen and oxygen atoms in total. The summed E-state index contributed by atoms with van der Waals surface area (Å²) < 4.78 is 0. The van der Waals surface area contributed by atoms with Gasteiger partial charge in [-0.15, -0.1) is 0 Å². The minimum atomic E-state index is 0.0237. The minimum absolute atomic E-state index is 0.0237. The molecule has 0 spiro atoms. The minimum Gasteiger partial charge on any atom is -0.325 e. The van der Waals surface area contributed by atoms with Crippen LogP contribution in [0.15, 0.2) is 24.3 Å². The first-order valence-electron chi connectivity index (χ1n) is 7.51. The van der Waals surface area contributed by atoms with E-state index in [-0.39, 0.29) is 5.91 Å². The van der Waals surface area contributed by atoms with Gasteiger partial charge < -0.3 is 10.6 Å². The second-order valence-corrected chi connectivity index (χ2v) is 6.20. The summed E-state index contributed by atoms with van der Waals surface area (Å²) in [6.45, 7) is 0.428. The zero-order valence-corrected chi connectivity index (χ0v) is 13.5. The molecule has 0 aliphatic heterocycles. The third kappa shape index (κ3) is 4.99. The van der Waals surface area contributed by atoms with Crippen molar-refractivity contribution in [1.29, 1.82) is 0 Å². The molecule has 0 aromatic heterocycles. The first-order chi connectivity index (χ1) is 10.1. The van der Waals surface area contributed by atoms with Crippen LogP contribution in [0.25, 0.3) is 0 Å². The molecule has 5 heteroatoms. The maximum atomic E-state index is 12.1. The highest BCUT2D eigenvalue weighted by atomic mass is 35.5. The topological polar surface area (TPSA) is 44.4 Å². The number of hydrogen-bond donors (Lipinski definition) is 2. The van der Waals surface area contributed by atoms with Crippen molar-refractivity contribution in [2.24, 2.45) is 0 Å². The molecule has 1 aromatic carbocycles. The summed E-state index contributed by atoms with van der Waals surface area (Å²) in [5.74, 6) is 0.0237. The molecule has 21 heavy (non-hydrogen) atoms. The summed E-state index contributed by atoms with van der Waals surface area (Å²) in [4.78, 5) is 14.2. The molecular weight excluding hydrogens is 286 g/mol. The number of hydrogen-bond acceptors (Lipinski definition) is 3. The Morgan fingerprint density at radius 2 is 1.86 bits per heavy atom. The Morgan fingerprint density at radius 1 is 1.24 bits per heavy atom. The molecule has 2 N–H and O–H groups in total. The van der Waals surface area contributed by atoms with E-state index in [9.17, 15) is 4.79 Å². The van der Waals surface area contributed by atoms with Crippen LogP contribution < -0.4 is 10.6 Å². The first-order valence-corrected chi connectivity index (χ1v) is 7.89. The van der Waals surface area contributed by atoms with E-state index in [0.29, 0.717) is 23.7 Å². The van der Waals surface area contributed by atoms with E-state index in [0.717, 1.165) is 18.5 Å². The van der Waals surface area contributed by atoms with Crippen LogP contribution in [-0.2, 0) is 4.79 Å². The number of carbonyl (C=O) groups is 1.